The molecule has 1 aliphatic heterocycles. The summed E-state index contributed by atoms with van der Waals surface area (Å²) in [5.74, 6) is 1.81. The molecule has 1 atom stereocenters. The smallest absolute Gasteiger partial charge is 0.223 e. The van der Waals surface area contributed by atoms with Crippen LogP contribution < -0.4 is 5.32 Å². The Morgan fingerprint density at radius 3 is 2.97 bits per heavy atom. The van der Waals surface area contributed by atoms with E-state index in [1.165, 1.54) is 0 Å². The topological polar surface area (TPSA) is 88.8 Å². The lowest BCUT2D eigenvalue weighted by atomic mass is 10.1. The lowest BCUT2D eigenvalue weighted by molar-refractivity contribution is -0.132. The zero-order valence-corrected chi connectivity index (χ0v) is 17.8. The quantitative estimate of drug-likeness (QED) is 0.452. The van der Waals surface area contributed by atoms with Crippen LogP contribution in [-0.2, 0) is 4.79 Å². The van der Waals surface area contributed by atoms with Gasteiger partial charge in [0.2, 0.25) is 5.91 Å². The minimum atomic E-state index is 0.0322. The fraction of sp³-hybridized carbons (Fsp3) is 0.292. The number of benzene rings is 1. The number of hydrogen-bond acceptors (Lipinski definition) is 6. The fourth-order valence-corrected chi connectivity index (χ4v) is 4.27. The van der Waals surface area contributed by atoms with Gasteiger partial charge in [-0.1, -0.05) is 18.2 Å². The molecular weight excluding hydrogens is 402 g/mol. The molecule has 0 saturated carbocycles. The minimum absolute atomic E-state index is 0.0322. The number of imidazole rings is 1. The van der Waals surface area contributed by atoms with E-state index in [0.29, 0.717) is 13.0 Å². The van der Waals surface area contributed by atoms with Gasteiger partial charge in [0.1, 0.15) is 24.3 Å². The number of amides is 1. The van der Waals surface area contributed by atoms with Gasteiger partial charge in [-0.05, 0) is 43.5 Å². The molecular formula is C24H25N7O. The molecule has 8 heteroatoms. The van der Waals surface area contributed by atoms with E-state index < -0.39 is 0 Å². The van der Waals surface area contributed by atoms with Crippen molar-refractivity contribution in [2.24, 2.45) is 0 Å². The third-order valence-electron chi connectivity index (χ3n) is 5.84. The van der Waals surface area contributed by atoms with Crippen molar-refractivity contribution < 1.29 is 4.79 Å². The molecule has 162 valence electrons. The molecule has 8 nitrogen and oxygen atoms in total. The van der Waals surface area contributed by atoms with Crippen LogP contribution in [0.5, 0.6) is 0 Å². The van der Waals surface area contributed by atoms with Gasteiger partial charge in [0.25, 0.3) is 0 Å². The largest absolute Gasteiger partial charge is 0.369 e. The van der Waals surface area contributed by atoms with Crippen LogP contribution in [-0.4, -0.2) is 48.4 Å². The molecule has 1 aromatic carbocycles. The zero-order valence-electron chi connectivity index (χ0n) is 17.8. The van der Waals surface area contributed by atoms with Gasteiger partial charge in [-0.2, -0.15) is 0 Å². The molecule has 1 fully saturated rings. The number of hydrogen-bond donors (Lipinski definition) is 1. The van der Waals surface area contributed by atoms with E-state index in [4.69, 9.17) is 4.98 Å². The van der Waals surface area contributed by atoms with Crippen LogP contribution in [0.15, 0.2) is 67.5 Å². The zero-order chi connectivity index (χ0) is 21.8. The van der Waals surface area contributed by atoms with Crippen molar-refractivity contribution in [2.75, 3.05) is 18.4 Å². The molecule has 1 saturated heterocycles. The Hall–Kier alpha value is -3.81. The molecule has 3 aromatic heterocycles. The second-order valence-electron chi connectivity index (χ2n) is 7.91. The van der Waals surface area contributed by atoms with Crippen LogP contribution in [0.4, 0.5) is 5.82 Å². The first kappa shape index (κ1) is 20.1. The van der Waals surface area contributed by atoms with Gasteiger partial charge in [-0.3, -0.25) is 9.36 Å². The highest BCUT2D eigenvalue weighted by atomic mass is 16.2. The van der Waals surface area contributed by atoms with Crippen molar-refractivity contribution in [2.45, 2.75) is 31.7 Å². The molecule has 0 aliphatic carbocycles. The Morgan fingerprint density at radius 1 is 1.12 bits per heavy atom. The number of pyridine rings is 1. The Bertz CT molecular complexity index is 1200. The number of carbonyl (C=O) groups is 1. The van der Waals surface area contributed by atoms with Crippen LogP contribution in [0, 0.1) is 0 Å². The van der Waals surface area contributed by atoms with E-state index in [1.807, 2.05) is 58.1 Å². The highest BCUT2D eigenvalue weighted by Crippen LogP contribution is 2.32. The number of likely N-dealkylation sites (tertiary alicyclic amines) is 1. The number of fused-ring (bicyclic) bond motifs is 1. The Labute approximate surface area is 186 Å². The first-order valence-corrected chi connectivity index (χ1v) is 11.0. The second kappa shape index (κ2) is 9.13. The van der Waals surface area contributed by atoms with Crippen molar-refractivity contribution in [3.63, 3.8) is 0 Å². The predicted molar refractivity (Wildman–Crippen MR) is 122 cm³/mol. The molecule has 1 amide bonds. The van der Waals surface area contributed by atoms with Gasteiger partial charge in [-0.15, -0.1) is 0 Å². The average Bonchev–Trinajstić information content (AvgIpc) is 3.55. The van der Waals surface area contributed by atoms with Crippen molar-refractivity contribution in [1.82, 2.24) is 29.4 Å². The van der Waals surface area contributed by atoms with Gasteiger partial charge in [0, 0.05) is 37.3 Å². The minimum Gasteiger partial charge on any atom is -0.369 e. The Kier molecular flexibility index (Phi) is 5.74. The lowest BCUT2D eigenvalue weighted by Gasteiger charge is -2.25. The first-order valence-electron chi connectivity index (χ1n) is 11.0. The molecule has 4 heterocycles. The van der Waals surface area contributed by atoms with Crippen LogP contribution in [0.1, 0.15) is 37.4 Å². The van der Waals surface area contributed by atoms with Gasteiger partial charge >= 0.3 is 0 Å². The lowest BCUT2D eigenvalue weighted by Crippen LogP contribution is -2.31. The summed E-state index contributed by atoms with van der Waals surface area (Å²) in [7, 11) is 0. The molecule has 5 rings (SSSR count). The van der Waals surface area contributed by atoms with E-state index in [2.05, 4.69) is 20.3 Å². The highest BCUT2D eigenvalue weighted by Gasteiger charge is 2.30. The van der Waals surface area contributed by atoms with Crippen molar-refractivity contribution in [3.05, 3.63) is 73.2 Å². The number of anilines is 1. The van der Waals surface area contributed by atoms with E-state index in [0.717, 1.165) is 54.0 Å². The molecule has 0 spiro atoms. The van der Waals surface area contributed by atoms with E-state index in [9.17, 15) is 4.79 Å². The summed E-state index contributed by atoms with van der Waals surface area (Å²) in [6.45, 7) is 1.46. The summed E-state index contributed by atoms with van der Waals surface area (Å²) in [6, 6.07) is 13.9. The van der Waals surface area contributed by atoms with Crippen molar-refractivity contribution in [3.8, 4) is 5.82 Å². The third kappa shape index (κ3) is 4.16. The normalized spacial score (nSPS) is 15.9. The fourth-order valence-electron chi connectivity index (χ4n) is 4.27. The molecule has 0 bridgehead atoms. The SMILES string of the molecule is O=C(CCCNc1ncnc2ccccc12)N1CCCC1c1cccc(-n2ccnc2)n1. The van der Waals surface area contributed by atoms with Crippen LogP contribution in [0.2, 0.25) is 0 Å². The maximum absolute atomic E-state index is 13.0. The van der Waals surface area contributed by atoms with Crippen molar-refractivity contribution in [1.29, 1.82) is 0 Å². The third-order valence-corrected chi connectivity index (χ3v) is 5.84. The molecule has 32 heavy (non-hydrogen) atoms. The number of nitrogens with zero attached hydrogens (tertiary/aromatic N) is 6. The van der Waals surface area contributed by atoms with E-state index in [1.54, 1.807) is 18.9 Å². The van der Waals surface area contributed by atoms with Crippen LogP contribution >= 0.6 is 0 Å². The molecule has 1 N–H and O–H groups in total. The summed E-state index contributed by atoms with van der Waals surface area (Å²) in [6.07, 6.45) is 10.1. The predicted octanol–water partition coefficient (Wildman–Crippen LogP) is 3.77. The Morgan fingerprint density at radius 2 is 2.06 bits per heavy atom. The Balaban J connectivity index is 1.20. The maximum atomic E-state index is 13.0. The number of carbonyl (C=O) groups excluding carboxylic acids is 1. The monoisotopic (exact) mass is 427 g/mol. The molecule has 0 radical (unpaired) electrons. The molecule has 4 aromatic rings. The van der Waals surface area contributed by atoms with Gasteiger partial charge < -0.3 is 10.2 Å². The van der Waals surface area contributed by atoms with Crippen LogP contribution in [0.25, 0.3) is 16.7 Å². The maximum Gasteiger partial charge on any atom is 0.223 e. The summed E-state index contributed by atoms with van der Waals surface area (Å²) in [5, 5.41) is 4.35. The summed E-state index contributed by atoms with van der Waals surface area (Å²) in [5.41, 5.74) is 1.85. The highest BCUT2D eigenvalue weighted by molar-refractivity contribution is 5.88. The summed E-state index contributed by atoms with van der Waals surface area (Å²) < 4.78 is 1.88. The standard InChI is InChI=1S/C24H25N7O/c32-23(11-4-12-26-24-18-6-1-2-7-19(18)27-16-28-24)31-14-5-9-21(31)20-8-3-10-22(29-20)30-15-13-25-17-30/h1-3,6-8,10,13,15-17,21H,4-5,9,11-12,14H2,(H,26,27,28). The average molecular weight is 428 g/mol. The number of aromatic nitrogens is 5. The number of para-hydroxylation sites is 1. The molecule has 1 aliphatic rings. The van der Waals surface area contributed by atoms with Crippen molar-refractivity contribution >= 4 is 22.6 Å². The second-order valence-corrected chi connectivity index (χ2v) is 7.91. The van der Waals surface area contributed by atoms with E-state index in [-0.39, 0.29) is 11.9 Å². The van der Waals surface area contributed by atoms with Crippen LogP contribution in [0.3, 0.4) is 0 Å². The number of nitrogens with one attached hydrogen (secondary N) is 1. The van der Waals surface area contributed by atoms with Gasteiger partial charge in [-0.25, -0.2) is 19.9 Å². The van der Waals surface area contributed by atoms with E-state index >= 15 is 0 Å². The number of rotatable bonds is 7. The van der Waals surface area contributed by atoms with Gasteiger partial charge in [0.15, 0.2) is 0 Å². The summed E-state index contributed by atoms with van der Waals surface area (Å²) >= 11 is 0. The molecule has 1 unspecified atom stereocenters. The van der Waals surface area contributed by atoms with Gasteiger partial charge in [0.05, 0.1) is 17.3 Å². The summed E-state index contributed by atoms with van der Waals surface area (Å²) in [4.78, 5) is 32.5. The first-order chi connectivity index (χ1) is 15.8.